The lowest BCUT2D eigenvalue weighted by atomic mass is 10.3. The maximum absolute atomic E-state index is 12.9. The number of aromatic nitrogens is 4. The van der Waals surface area contributed by atoms with Gasteiger partial charge in [0.05, 0.1) is 11.4 Å². The molecule has 8 nitrogen and oxygen atoms in total. The maximum Gasteiger partial charge on any atom is 0.297 e. The van der Waals surface area contributed by atoms with E-state index in [4.69, 9.17) is 12.2 Å². The zero-order chi connectivity index (χ0) is 20.0. The van der Waals surface area contributed by atoms with E-state index in [-0.39, 0.29) is 33.5 Å². The molecule has 0 bridgehead atoms. The van der Waals surface area contributed by atoms with Crippen molar-refractivity contribution in [2.24, 2.45) is 12.0 Å². The van der Waals surface area contributed by atoms with Gasteiger partial charge >= 0.3 is 0 Å². The molecule has 2 N–H and O–H groups in total. The summed E-state index contributed by atoms with van der Waals surface area (Å²) in [4.78, 5) is 32.0. The second-order valence-corrected chi connectivity index (χ2v) is 7.15. The number of rotatable bonds is 4. The molecule has 1 saturated carbocycles. The van der Waals surface area contributed by atoms with Crippen LogP contribution in [0.3, 0.4) is 0 Å². The molecule has 28 heavy (non-hydrogen) atoms. The van der Waals surface area contributed by atoms with Crippen molar-refractivity contribution in [1.29, 1.82) is 0 Å². The van der Waals surface area contributed by atoms with Crippen LogP contribution < -0.4 is 11.1 Å². The van der Waals surface area contributed by atoms with Crippen LogP contribution in [0.4, 0.5) is 5.69 Å². The molecule has 0 saturated heterocycles. The summed E-state index contributed by atoms with van der Waals surface area (Å²) in [7, 11) is 1.76. The molecular formula is C19H19N5O3S. The van der Waals surface area contributed by atoms with Gasteiger partial charge in [-0.1, -0.05) is 18.2 Å². The molecule has 4 rings (SSSR count). The highest BCUT2D eigenvalue weighted by molar-refractivity contribution is 7.71. The van der Waals surface area contributed by atoms with Gasteiger partial charge in [-0.3, -0.25) is 23.8 Å². The molecule has 0 spiro atoms. The Bertz CT molecular complexity index is 1260. The Kier molecular flexibility index (Phi) is 4.38. The van der Waals surface area contributed by atoms with Crippen LogP contribution >= 0.6 is 12.2 Å². The minimum absolute atomic E-state index is 0.0191. The van der Waals surface area contributed by atoms with Gasteiger partial charge in [0.2, 0.25) is 5.88 Å². The van der Waals surface area contributed by atoms with Crippen LogP contribution in [0.2, 0.25) is 0 Å². The number of hydrogen-bond acceptors (Lipinski definition) is 5. The summed E-state index contributed by atoms with van der Waals surface area (Å²) >= 11 is 5.14. The third-order valence-corrected chi connectivity index (χ3v) is 5.21. The zero-order valence-electron chi connectivity index (χ0n) is 15.4. The van der Waals surface area contributed by atoms with Crippen molar-refractivity contribution in [1.82, 2.24) is 18.9 Å². The summed E-state index contributed by atoms with van der Waals surface area (Å²) < 4.78 is 4.91. The minimum Gasteiger partial charge on any atom is -0.494 e. The molecular weight excluding hydrogens is 378 g/mol. The van der Waals surface area contributed by atoms with E-state index in [0.717, 1.165) is 12.8 Å². The lowest BCUT2D eigenvalue weighted by molar-refractivity contribution is 0.405. The van der Waals surface area contributed by atoms with Gasteiger partial charge in [-0.15, -0.1) is 0 Å². The third kappa shape index (κ3) is 2.93. The predicted octanol–water partition coefficient (Wildman–Crippen LogP) is 2.49. The van der Waals surface area contributed by atoms with E-state index in [1.807, 2.05) is 30.3 Å². The molecule has 0 amide bonds. The number of aromatic hydroxyl groups is 1. The van der Waals surface area contributed by atoms with Gasteiger partial charge in [-0.2, -0.15) is 0 Å². The Hall–Kier alpha value is -3.20. The summed E-state index contributed by atoms with van der Waals surface area (Å²) in [5, 5.41) is 10.5. The Morgan fingerprint density at radius 2 is 1.93 bits per heavy atom. The van der Waals surface area contributed by atoms with Gasteiger partial charge in [0.25, 0.3) is 11.1 Å². The average molecular weight is 397 g/mol. The summed E-state index contributed by atoms with van der Waals surface area (Å²) in [5.41, 5.74) is 0.673. The number of hydrogen-bond donors (Lipinski definition) is 2. The van der Waals surface area contributed by atoms with Crippen molar-refractivity contribution in [2.45, 2.75) is 25.8 Å². The highest BCUT2D eigenvalue weighted by Crippen LogP contribution is 2.38. The number of para-hydroxylation sites is 1. The Balaban J connectivity index is 1.82. The number of benzene rings is 1. The van der Waals surface area contributed by atoms with Gasteiger partial charge in [0, 0.05) is 19.3 Å². The highest BCUT2D eigenvalue weighted by Gasteiger charge is 2.28. The number of H-pyrrole nitrogens is 1. The number of nitrogens with one attached hydrogen (secondary N) is 1. The van der Waals surface area contributed by atoms with E-state index < -0.39 is 5.56 Å². The van der Waals surface area contributed by atoms with Gasteiger partial charge in [-0.05, 0) is 44.1 Å². The molecule has 0 radical (unpaired) electrons. The van der Waals surface area contributed by atoms with Crippen molar-refractivity contribution in [3.8, 4) is 11.6 Å². The molecule has 0 aliphatic heterocycles. The monoisotopic (exact) mass is 397 g/mol. The molecule has 1 aromatic carbocycles. The first-order valence-electron chi connectivity index (χ1n) is 8.86. The summed E-state index contributed by atoms with van der Waals surface area (Å²) in [6, 6.07) is 9.30. The number of aliphatic imine (C=N–C) groups is 1. The fourth-order valence-electron chi connectivity index (χ4n) is 3.17. The van der Waals surface area contributed by atoms with E-state index in [1.54, 1.807) is 18.7 Å². The number of aromatic amines is 1. The first-order chi connectivity index (χ1) is 13.4. The van der Waals surface area contributed by atoms with Crippen LogP contribution in [0.1, 0.15) is 30.1 Å². The van der Waals surface area contributed by atoms with Crippen molar-refractivity contribution in [2.75, 3.05) is 0 Å². The van der Waals surface area contributed by atoms with Gasteiger partial charge in [-0.25, -0.2) is 9.67 Å². The van der Waals surface area contributed by atoms with Crippen LogP contribution in [0, 0.1) is 11.7 Å². The van der Waals surface area contributed by atoms with E-state index >= 15 is 0 Å². The molecule has 0 unspecified atom stereocenters. The molecule has 2 aromatic heterocycles. The molecule has 144 valence electrons. The highest BCUT2D eigenvalue weighted by atomic mass is 32.1. The third-order valence-electron chi connectivity index (χ3n) is 4.91. The van der Waals surface area contributed by atoms with Crippen molar-refractivity contribution in [3.05, 3.63) is 67.1 Å². The Morgan fingerprint density at radius 3 is 2.57 bits per heavy atom. The van der Waals surface area contributed by atoms with Gasteiger partial charge in [0.15, 0.2) is 10.5 Å². The molecule has 1 fully saturated rings. The lowest BCUT2D eigenvalue weighted by Gasteiger charge is -2.09. The molecule has 3 aromatic rings. The van der Waals surface area contributed by atoms with E-state index in [9.17, 15) is 14.7 Å². The van der Waals surface area contributed by atoms with E-state index in [0.29, 0.717) is 11.4 Å². The normalized spacial score (nSPS) is 14.1. The van der Waals surface area contributed by atoms with Crippen LogP contribution in [0.15, 0.2) is 44.9 Å². The lowest BCUT2D eigenvalue weighted by Crippen LogP contribution is -2.19. The van der Waals surface area contributed by atoms with Crippen LogP contribution in [0.25, 0.3) is 5.69 Å². The molecule has 9 heteroatoms. The van der Waals surface area contributed by atoms with Crippen molar-refractivity contribution in [3.63, 3.8) is 0 Å². The predicted molar refractivity (Wildman–Crippen MR) is 109 cm³/mol. The first kappa shape index (κ1) is 18.2. The van der Waals surface area contributed by atoms with Crippen molar-refractivity contribution < 1.29 is 5.11 Å². The van der Waals surface area contributed by atoms with Crippen LogP contribution in [-0.4, -0.2) is 30.2 Å². The second-order valence-electron chi connectivity index (χ2n) is 6.77. The second kappa shape index (κ2) is 6.75. The first-order valence-corrected chi connectivity index (χ1v) is 9.27. The maximum atomic E-state index is 12.9. The van der Waals surface area contributed by atoms with E-state index in [1.165, 1.54) is 15.5 Å². The average Bonchev–Trinajstić information content (AvgIpc) is 3.46. The largest absolute Gasteiger partial charge is 0.494 e. The Morgan fingerprint density at radius 1 is 1.25 bits per heavy atom. The minimum atomic E-state index is -0.542. The standard InChI is InChI=1S/C19H19N5O3S/c1-11-15(18(27)24(22(11)2)13-6-4-3-5-7-13)20-10-14-16(25)21-19(28)23(17(14)26)12-8-9-12/h3-7,10,12,26H,8-9H2,1-2H3,(H,21,25,28). The van der Waals surface area contributed by atoms with Gasteiger partial charge < -0.3 is 5.11 Å². The summed E-state index contributed by atoms with van der Waals surface area (Å²) in [5.74, 6) is -0.225. The van der Waals surface area contributed by atoms with Gasteiger partial charge in [0.1, 0.15) is 5.56 Å². The summed E-state index contributed by atoms with van der Waals surface area (Å²) in [6.07, 6.45) is 3.01. The Labute approximate surface area is 165 Å². The van der Waals surface area contributed by atoms with Crippen LogP contribution in [0.5, 0.6) is 5.88 Å². The van der Waals surface area contributed by atoms with Crippen molar-refractivity contribution >= 4 is 24.1 Å². The molecule has 1 aliphatic rings. The SMILES string of the molecule is Cc1c(N=Cc2c(O)n(C3CC3)c(=S)[nH]c2=O)c(=O)n(-c2ccccc2)n1C. The smallest absolute Gasteiger partial charge is 0.297 e. The fourth-order valence-corrected chi connectivity index (χ4v) is 3.50. The molecule has 2 heterocycles. The molecule has 1 aliphatic carbocycles. The summed E-state index contributed by atoms with van der Waals surface area (Å²) in [6.45, 7) is 1.77. The quantitative estimate of drug-likeness (QED) is 0.522. The fraction of sp³-hybridized carbons (Fsp3) is 0.263. The topological polar surface area (TPSA) is 97.3 Å². The number of nitrogens with zero attached hydrogens (tertiary/aromatic N) is 4. The van der Waals surface area contributed by atoms with Crippen LogP contribution in [-0.2, 0) is 7.05 Å². The van der Waals surface area contributed by atoms with E-state index in [2.05, 4.69) is 9.98 Å². The zero-order valence-corrected chi connectivity index (χ0v) is 16.2. The molecule has 0 atom stereocenters.